The minimum absolute atomic E-state index is 0.115. The summed E-state index contributed by atoms with van der Waals surface area (Å²) in [5.41, 5.74) is -0.0883. The van der Waals surface area contributed by atoms with Gasteiger partial charge in [0, 0.05) is 0 Å². The van der Waals surface area contributed by atoms with Crippen molar-refractivity contribution in [2.24, 2.45) is 0 Å². The highest BCUT2D eigenvalue weighted by molar-refractivity contribution is 14.1. The highest BCUT2D eigenvalue weighted by Crippen LogP contribution is 2.24. The molecular formula is C9H4F2IN3. The van der Waals surface area contributed by atoms with Crippen molar-refractivity contribution >= 4 is 22.6 Å². The number of nitrogens with zero attached hydrogens (tertiary/aromatic N) is 3. The van der Waals surface area contributed by atoms with E-state index in [1.54, 1.807) is 28.7 Å². The van der Waals surface area contributed by atoms with Crippen molar-refractivity contribution in [1.82, 2.24) is 4.98 Å². The molecule has 1 aromatic heterocycles. The van der Waals surface area contributed by atoms with Gasteiger partial charge in [-0.3, -0.25) is 0 Å². The van der Waals surface area contributed by atoms with Crippen LogP contribution in [0.4, 0.5) is 8.78 Å². The van der Waals surface area contributed by atoms with Gasteiger partial charge in [-0.15, -0.1) is 0 Å². The second-order valence-corrected chi connectivity index (χ2v) is 3.64. The first-order valence-electron chi connectivity index (χ1n) is 3.84. The third-order valence-corrected chi connectivity index (χ3v) is 2.51. The molecule has 1 aromatic rings. The summed E-state index contributed by atoms with van der Waals surface area (Å²) in [5, 5.41) is 17.1. The van der Waals surface area contributed by atoms with Gasteiger partial charge >= 0.3 is 0 Å². The molecule has 0 fully saturated rings. The highest BCUT2D eigenvalue weighted by Gasteiger charge is 2.17. The van der Waals surface area contributed by atoms with E-state index < -0.39 is 12.1 Å². The molecule has 0 spiro atoms. The molecule has 0 aliphatic carbocycles. The predicted octanol–water partition coefficient (Wildman–Crippen LogP) is 2.56. The molecule has 0 unspecified atom stereocenters. The Labute approximate surface area is 98.5 Å². The standard InChI is InChI=1S/C9H4F2IN3/c10-8(11)7-5(1-2-13)3-6(4-14)9(12)15-7/h3,8H,1H2. The fourth-order valence-corrected chi connectivity index (χ4v) is 1.58. The summed E-state index contributed by atoms with van der Waals surface area (Å²) >= 11 is 1.71. The lowest BCUT2D eigenvalue weighted by Crippen LogP contribution is -2.02. The average Bonchev–Trinajstić information content (AvgIpc) is 2.20. The van der Waals surface area contributed by atoms with Crippen LogP contribution in [0.25, 0.3) is 0 Å². The Balaban J connectivity index is 3.35. The molecule has 1 rings (SSSR count). The van der Waals surface area contributed by atoms with Crippen LogP contribution >= 0.6 is 22.6 Å². The van der Waals surface area contributed by atoms with Crippen LogP contribution in [-0.4, -0.2) is 4.98 Å². The topological polar surface area (TPSA) is 60.5 Å². The Kier molecular flexibility index (Phi) is 3.92. The maximum Gasteiger partial charge on any atom is 0.280 e. The van der Waals surface area contributed by atoms with E-state index >= 15 is 0 Å². The lowest BCUT2D eigenvalue weighted by molar-refractivity contribution is 0.145. The molecule has 0 saturated carbocycles. The molecule has 0 bridgehead atoms. The van der Waals surface area contributed by atoms with Crippen molar-refractivity contribution in [1.29, 1.82) is 10.5 Å². The van der Waals surface area contributed by atoms with Crippen molar-refractivity contribution in [2.45, 2.75) is 12.8 Å². The molecule has 0 aliphatic heterocycles. The summed E-state index contributed by atoms with van der Waals surface area (Å²) in [6.45, 7) is 0. The van der Waals surface area contributed by atoms with E-state index in [1.807, 2.05) is 6.07 Å². The van der Waals surface area contributed by atoms with Gasteiger partial charge < -0.3 is 0 Å². The first-order valence-corrected chi connectivity index (χ1v) is 4.92. The second-order valence-electron chi connectivity index (χ2n) is 2.62. The Morgan fingerprint density at radius 3 is 2.60 bits per heavy atom. The second kappa shape index (κ2) is 4.99. The van der Waals surface area contributed by atoms with E-state index in [-0.39, 0.29) is 21.2 Å². The van der Waals surface area contributed by atoms with Crippen molar-refractivity contribution in [3.05, 3.63) is 26.6 Å². The van der Waals surface area contributed by atoms with Crippen LogP contribution in [0.3, 0.4) is 0 Å². The minimum atomic E-state index is -2.73. The van der Waals surface area contributed by atoms with Gasteiger partial charge in [0.2, 0.25) is 0 Å². The molecule has 3 nitrogen and oxygen atoms in total. The summed E-state index contributed by atoms with van der Waals surface area (Å²) in [4.78, 5) is 3.63. The summed E-state index contributed by atoms with van der Waals surface area (Å²) in [6.07, 6.45) is -2.90. The molecule has 0 aromatic carbocycles. The molecule has 0 amide bonds. The Hall–Kier alpha value is -1.28. The number of aromatic nitrogens is 1. The third kappa shape index (κ3) is 2.60. The van der Waals surface area contributed by atoms with Crippen LogP contribution in [0.15, 0.2) is 6.07 Å². The Morgan fingerprint density at radius 1 is 1.47 bits per heavy atom. The van der Waals surface area contributed by atoms with Gasteiger partial charge in [0.1, 0.15) is 15.5 Å². The monoisotopic (exact) mass is 319 g/mol. The zero-order chi connectivity index (χ0) is 11.4. The summed E-state index contributed by atoms with van der Waals surface area (Å²) < 4.78 is 25.2. The van der Waals surface area contributed by atoms with Crippen LogP contribution in [-0.2, 0) is 6.42 Å². The lowest BCUT2D eigenvalue weighted by Gasteiger charge is -2.06. The Morgan fingerprint density at radius 2 is 2.13 bits per heavy atom. The molecule has 0 saturated heterocycles. The predicted molar refractivity (Wildman–Crippen MR) is 55.9 cm³/mol. The summed E-state index contributed by atoms with van der Waals surface area (Å²) in [6, 6.07) is 4.89. The Bertz CT molecular complexity index is 460. The van der Waals surface area contributed by atoms with E-state index in [9.17, 15) is 8.78 Å². The smallest absolute Gasteiger partial charge is 0.239 e. The van der Waals surface area contributed by atoms with E-state index in [0.29, 0.717) is 0 Å². The van der Waals surface area contributed by atoms with Crippen LogP contribution in [0.2, 0.25) is 0 Å². The van der Waals surface area contributed by atoms with Crippen LogP contribution in [0, 0.1) is 26.4 Å². The van der Waals surface area contributed by atoms with Crippen LogP contribution in [0.1, 0.15) is 23.2 Å². The number of hydrogen-bond donors (Lipinski definition) is 0. The number of rotatable bonds is 2. The largest absolute Gasteiger partial charge is 0.280 e. The first kappa shape index (κ1) is 11.8. The summed E-state index contributed by atoms with van der Waals surface area (Å²) in [5.74, 6) is 0. The van der Waals surface area contributed by atoms with Gasteiger partial charge in [0.05, 0.1) is 18.1 Å². The molecule has 6 heteroatoms. The number of pyridine rings is 1. The molecule has 0 radical (unpaired) electrons. The number of halogens is 3. The van der Waals surface area contributed by atoms with Gasteiger partial charge in [-0.2, -0.15) is 10.5 Å². The van der Waals surface area contributed by atoms with E-state index in [0.717, 1.165) is 0 Å². The fourth-order valence-electron chi connectivity index (χ4n) is 1.04. The molecular weight excluding hydrogens is 315 g/mol. The van der Waals surface area contributed by atoms with Gasteiger partial charge in [0.25, 0.3) is 6.43 Å². The zero-order valence-electron chi connectivity index (χ0n) is 7.34. The van der Waals surface area contributed by atoms with Crippen molar-refractivity contribution in [3.8, 4) is 12.1 Å². The third-order valence-electron chi connectivity index (χ3n) is 1.69. The first-order chi connectivity index (χ1) is 7.10. The average molecular weight is 319 g/mol. The van der Waals surface area contributed by atoms with Gasteiger partial charge in [-0.05, 0) is 34.2 Å². The fraction of sp³-hybridized carbons (Fsp3) is 0.222. The lowest BCUT2D eigenvalue weighted by atomic mass is 10.1. The minimum Gasteiger partial charge on any atom is -0.239 e. The van der Waals surface area contributed by atoms with Gasteiger partial charge in [-0.1, -0.05) is 0 Å². The van der Waals surface area contributed by atoms with Crippen molar-refractivity contribution in [3.63, 3.8) is 0 Å². The molecule has 76 valence electrons. The van der Waals surface area contributed by atoms with E-state index in [4.69, 9.17) is 10.5 Å². The van der Waals surface area contributed by atoms with E-state index in [1.165, 1.54) is 6.07 Å². The molecule has 0 atom stereocenters. The van der Waals surface area contributed by atoms with Crippen LogP contribution < -0.4 is 0 Å². The number of hydrogen-bond acceptors (Lipinski definition) is 3. The zero-order valence-corrected chi connectivity index (χ0v) is 9.49. The number of alkyl halides is 2. The quantitative estimate of drug-likeness (QED) is 0.622. The molecule has 1 heterocycles. The molecule has 15 heavy (non-hydrogen) atoms. The maximum atomic E-state index is 12.5. The highest BCUT2D eigenvalue weighted by atomic mass is 127. The maximum absolute atomic E-state index is 12.5. The molecule has 0 N–H and O–H groups in total. The van der Waals surface area contributed by atoms with Gasteiger partial charge in [-0.25, -0.2) is 13.8 Å². The van der Waals surface area contributed by atoms with Crippen molar-refractivity contribution < 1.29 is 8.78 Å². The normalized spacial score (nSPS) is 9.73. The SMILES string of the molecule is N#CCc1cc(C#N)c(I)nc1C(F)F. The van der Waals surface area contributed by atoms with Crippen LogP contribution in [0.5, 0.6) is 0 Å². The van der Waals surface area contributed by atoms with E-state index in [2.05, 4.69) is 4.98 Å². The van der Waals surface area contributed by atoms with Crippen molar-refractivity contribution in [2.75, 3.05) is 0 Å². The van der Waals surface area contributed by atoms with Gasteiger partial charge in [0.15, 0.2) is 0 Å². The molecule has 0 aliphatic rings. The summed E-state index contributed by atoms with van der Waals surface area (Å²) in [7, 11) is 0. The number of nitriles is 2.